The summed E-state index contributed by atoms with van der Waals surface area (Å²) in [6.07, 6.45) is 1.83. The van der Waals surface area contributed by atoms with Crippen molar-refractivity contribution < 1.29 is 23.9 Å². The van der Waals surface area contributed by atoms with Crippen molar-refractivity contribution in [2.24, 2.45) is 5.92 Å². The molecule has 0 spiro atoms. The van der Waals surface area contributed by atoms with Crippen LogP contribution in [0.25, 0.3) is 0 Å². The Morgan fingerprint density at radius 3 is 1.90 bits per heavy atom. The quantitative estimate of drug-likeness (QED) is 0.624. The number of carbonyl (C=O) groups excluding carboxylic acids is 4. The molecule has 0 aromatic heterocycles. The molecule has 2 aromatic carbocycles. The highest BCUT2D eigenvalue weighted by molar-refractivity contribution is 5.97. The van der Waals surface area contributed by atoms with E-state index in [1.165, 1.54) is 19.1 Å². The molecule has 8 nitrogen and oxygen atoms in total. The van der Waals surface area contributed by atoms with Crippen LogP contribution in [0.2, 0.25) is 0 Å². The highest BCUT2D eigenvalue weighted by atomic mass is 16.5. The number of nitrogens with one attached hydrogen (secondary N) is 3. The van der Waals surface area contributed by atoms with Crippen LogP contribution in [-0.2, 0) is 19.1 Å². The monoisotopic (exact) mass is 395 g/mol. The maximum Gasteiger partial charge on any atom is 0.338 e. The van der Waals surface area contributed by atoms with Gasteiger partial charge in [-0.15, -0.1) is 0 Å². The summed E-state index contributed by atoms with van der Waals surface area (Å²) >= 11 is 0. The Morgan fingerprint density at radius 2 is 1.34 bits per heavy atom. The topological polar surface area (TPSA) is 114 Å². The molecule has 2 aromatic rings. The lowest BCUT2D eigenvalue weighted by molar-refractivity contribution is -0.119. The first kappa shape index (κ1) is 20.1. The number of rotatable bonds is 7. The lowest BCUT2D eigenvalue weighted by Gasteiger charge is -2.08. The van der Waals surface area contributed by atoms with Crippen LogP contribution in [0.1, 0.15) is 30.1 Å². The average Bonchev–Trinajstić information content (AvgIpc) is 3.53. The molecule has 0 bridgehead atoms. The summed E-state index contributed by atoms with van der Waals surface area (Å²) in [5.41, 5.74) is 2.01. The highest BCUT2D eigenvalue weighted by Crippen LogP contribution is 2.30. The van der Waals surface area contributed by atoms with Crippen LogP contribution in [0, 0.1) is 5.92 Å². The van der Waals surface area contributed by atoms with Gasteiger partial charge in [0.1, 0.15) is 0 Å². The minimum Gasteiger partial charge on any atom is -0.452 e. The van der Waals surface area contributed by atoms with Crippen molar-refractivity contribution in [2.45, 2.75) is 19.8 Å². The van der Waals surface area contributed by atoms with Gasteiger partial charge in [0, 0.05) is 29.9 Å². The van der Waals surface area contributed by atoms with Crippen LogP contribution < -0.4 is 16.0 Å². The van der Waals surface area contributed by atoms with Crippen molar-refractivity contribution in [3.8, 4) is 0 Å². The van der Waals surface area contributed by atoms with E-state index in [1.807, 2.05) is 0 Å². The lowest BCUT2D eigenvalue weighted by Crippen LogP contribution is -2.21. The normalized spacial score (nSPS) is 12.6. The molecular weight excluding hydrogens is 374 g/mol. The first-order valence-corrected chi connectivity index (χ1v) is 9.16. The van der Waals surface area contributed by atoms with Crippen molar-refractivity contribution in [2.75, 3.05) is 22.6 Å². The van der Waals surface area contributed by atoms with E-state index in [4.69, 9.17) is 4.74 Å². The van der Waals surface area contributed by atoms with E-state index in [0.717, 1.165) is 12.8 Å². The number of hydrogen-bond acceptors (Lipinski definition) is 5. The van der Waals surface area contributed by atoms with Crippen LogP contribution in [0.4, 0.5) is 17.1 Å². The second kappa shape index (κ2) is 9.01. The minimum absolute atomic E-state index is 0.0119. The van der Waals surface area contributed by atoms with Gasteiger partial charge in [0.25, 0.3) is 5.91 Å². The summed E-state index contributed by atoms with van der Waals surface area (Å²) in [5, 5.41) is 8.01. The molecule has 0 atom stereocenters. The molecule has 3 rings (SSSR count). The summed E-state index contributed by atoms with van der Waals surface area (Å²) in [6, 6.07) is 12.8. The molecular formula is C21H21N3O5. The van der Waals surface area contributed by atoms with Crippen molar-refractivity contribution in [3.63, 3.8) is 0 Å². The van der Waals surface area contributed by atoms with E-state index in [9.17, 15) is 19.2 Å². The number of hydrogen-bond donors (Lipinski definition) is 3. The number of esters is 1. The maximum atomic E-state index is 12.1. The minimum atomic E-state index is -0.638. The first-order valence-electron chi connectivity index (χ1n) is 9.16. The highest BCUT2D eigenvalue weighted by Gasteiger charge is 2.29. The molecule has 0 saturated heterocycles. The van der Waals surface area contributed by atoms with Gasteiger partial charge in [0.05, 0.1) is 5.56 Å². The fraction of sp³-hybridized carbons (Fsp3) is 0.238. The van der Waals surface area contributed by atoms with Crippen LogP contribution in [-0.4, -0.2) is 30.3 Å². The maximum absolute atomic E-state index is 12.1. The molecule has 0 radical (unpaired) electrons. The molecule has 0 unspecified atom stereocenters. The Hall–Kier alpha value is -3.68. The van der Waals surface area contributed by atoms with Gasteiger partial charge < -0.3 is 20.7 Å². The molecule has 1 aliphatic rings. The number of benzene rings is 2. The van der Waals surface area contributed by atoms with Crippen LogP contribution in [0.5, 0.6) is 0 Å². The van der Waals surface area contributed by atoms with Gasteiger partial charge in [-0.1, -0.05) is 0 Å². The molecule has 0 aliphatic heterocycles. The predicted octanol–water partition coefficient (Wildman–Crippen LogP) is 2.79. The molecule has 3 N–H and O–H groups in total. The smallest absolute Gasteiger partial charge is 0.338 e. The van der Waals surface area contributed by atoms with Gasteiger partial charge >= 0.3 is 5.97 Å². The van der Waals surface area contributed by atoms with E-state index in [0.29, 0.717) is 17.1 Å². The number of amides is 3. The summed E-state index contributed by atoms with van der Waals surface area (Å²) in [7, 11) is 0. The Bertz CT molecular complexity index is 918. The van der Waals surface area contributed by atoms with Crippen LogP contribution in [0.3, 0.4) is 0 Å². The number of anilines is 3. The Morgan fingerprint density at radius 1 is 0.828 bits per heavy atom. The molecule has 0 heterocycles. The van der Waals surface area contributed by atoms with Gasteiger partial charge in [0.15, 0.2) is 6.61 Å². The average molecular weight is 395 g/mol. The van der Waals surface area contributed by atoms with Gasteiger partial charge in [-0.2, -0.15) is 0 Å². The third-order valence-electron chi connectivity index (χ3n) is 4.16. The zero-order chi connectivity index (χ0) is 20.8. The van der Waals surface area contributed by atoms with E-state index in [-0.39, 0.29) is 23.3 Å². The molecule has 150 valence electrons. The van der Waals surface area contributed by atoms with Crippen molar-refractivity contribution in [1.82, 2.24) is 0 Å². The second-order valence-electron chi connectivity index (χ2n) is 6.72. The predicted molar refractivity (Wildman–Crippen MR) is 107 cm³/mol. The van der Waals surface area contributed by atoms with Crippen molar-refractivity contribution in [1.29, 1.82) is 0 Å². The molecule has 3 amide bonds. The summed E-state index contributed by atoms with van der Waals surface area (Å²) in [4.78, 5) is 46.7. The zero-order valence-corrected chi connectivity index (χ0v) is 15.9. The lowest BCUT2D eigenvalue weighted by atomic mass is 10.2. The molecule has 29 heavy (non-hydrogen) atoms. The van der Waals surface area contributed by atoms with Crippen LogP contribution >= 0.6 is 0 Å². The van der Waals surface area contributed by atoms with Gasteiger partial charge in [-0.3, -0.25) is 14.4 Å². The van der Waals surface area contributed by atoms with E-state index in [2.05, 4.69) is 16.0 Å². The van der Waals surface area contributed by atoms with E-state index >= 15 is 0 Å². The van der Waals surface area contributed by atoms with Gasteiger partial charge in [-0.05, 0) is 61.4 Å². The summed E-state index contributed by atoms with van der Waals surface area (Å²) in [5.74, 6) is -1.23. The third-order valence-corrected chi connectivity index (χ3v) is 4.16. The fourth-order valence-corrected chi connectivity index (χ4v) is 2.53. The Balaban J connectivity index is 1.45. The molecule has 1 fully saturated rings. The van der Waals surface area contributed by atoms with E-state index in [1.54, 1.807) is 36.4 Å². The molecule has 8 heteroatoms. The third kappa shape index (κ3) is 6.17. The SMILES string of the molecule is CC(=O)Nc1ccc(NC(=O)COC(=O)c2ccc(NC(=O)C3CC3)cc2)cc1. The Labute approximate surface area is 167 Å². The second-order valence-corrected chi connectivity index (χ2v) is 6.72. The van der Waals surface area contributed by atoms with Gasteiger partial charge in [0.2, 0.25) is 11.8 Å². The van der Waals surface area contributed by atoms with Crippen molar-refractivity contribution in [3.05, 3.63) is 54.1 Å². The van der Waals surface area contributed by atoms with Gasteiger partial charge in [-0.25, -0.2) is 4.79 Å². The molecule has 1 aliphatic carbocycles. The summed E-state index contributed by atoms with van der Waals surface area (Å²) < 4.78 is 5.01. The number of ether oxygens (including phenoxy) is 1. The zero-order valence-electron chi connectivity index (χ0n) is 15.9. The van der Waals surface area contributed by atoms with E-state index < -0.39 is 18.5 Å². The van der Waals surface area contributed by atoms with Crippen LogP contribution in [0.15, 0.2) is 48.5 Å². The first-order chi connectivity index (χ1) is 13.9. The standard InChI is InChI=1S/C21H21N3O5/c1-13(25)22-16-8-10-17(11-9-16)23-19(26)12-29-21(28)15-4-6-18(7-5-15)24-20(27)14-2-3-14/h4-11,14H,2-3,12H2,1H3,(H,22,25)(H,23,26)(H,24,27). The fourth-order valence-electron chi connectivity index (χ4n) is 2.53. The number of carbonyl (C=O) groups is 4. The molecule has 1 saturated carbocycles. The Kier molecular flexibility index (Phi) is 6.23. The summed E-state index contributed by atoms with van der Waals surface area (Å²) in [6.45, 7) is 0.967. The van der Waals surface area contributed by atoms with Crippen molar-refractivity contribution >= 4 is 40.8 Å². The largest absolute Gasteiger partial charge is 0.452 e.